The maximum absolute atomic E-state index is 10.6. The van der Waals surface area contributed by atoms with Gasteiger partial charge in [0.25, 0.3) is 0 Å². The maximum atomic E-state index is 10.6. The molecule has 0 aliphatic rings. The van der Waals surface area contributed by atoms with Gasteiger partial charge < -0.3 is 19.7 Å². The van der Waals surface area contributed by atoms with E-state index in [2.05, 4.69) is 10.1 Å². The van der Waals surface area contributed by atoms with Gasteiger partial charge in [-0.05, 0) is 13.1 Å². The zero-order valence-electron chi connectivity index (χ0n) is 14.2. The average Bonchev–Trinajstić information content (AvgIpc) is 3.19. The normalized spacial score (nSPS) is 12.7. The van der Waals surface area contributed by atoms with Crippen LogP contribution in [0.15, 0.2) is 24.5 Å². The molecule has 25 heavy (non-hydrogen) atoms. The fraction of sp³-hybridized carbons (Fsp3) is 0.375. The molecular formula is C16H20N4O4S. The van der Waals surface area contributed by atoms with Crippen molar-refractivity contribution in [2.24, 2.45) is 0 Å². The van der Waals surface area contributed by atoms with E-state index in [-0.39, 0.29) is 18.5 Å². The Kier molecular flexibility index (Phi) is 5.07. The predicted molar refractivity (Wildman–Crippen MR) is 93.6 cm³/mol. The summed E-state index contributed by atoms with van der Waals surface area (Å²) in [5, 5.41) is 24.1. The standard InChI is InChI=1S/C16H20N4O4S/c1-19(7-8-21)12(10-5-4-6-11(23-2)13(10)24-3)14-15(22)20-16(25-14)17-9-18-20/h4-6,9,12,21-22H,7-8H2,1-3H3. The maximum Gasteiger partial charge on any atom is 0.230 e. The van der Waals surface area contributed by atoms with E-state index in [4.69, 9.17) is 9.47 Å². The Labute approximate surface area is 148 Å². The molecule has 9 heteroatoms. The van der Waals surface area contributed by atoms with Crippen LogP contribution in [-0.2, 0) is 0 Å². The van der Waals surface area contributed by atoms with Gasteiger partial charge in [0, 0.05) is 12.1 Å². The van der Waals surface area contributed by atoms with Gasteiger partial charge >= 0.3 is 0 Å². The molecule has 0 radical (unpaired) electrons. The summed E-state index contributed by atoms with van der Waals surface area (Å²) in [6.07, 6.45) is 1.40. The number of ether oxygens (including phenoxy) is 2. The molecule has 0 saturated carbocycles. The Morgan fingerprint density at radius 2 is 2.12 bits per heavy atom. The second-order valence-corrected chi connectivity index (χ2v) is 6.44. The molecule has 3 aromatic rings. The molecule has 0 bridgehead atoms. The molecule has 1 aromatic carbocycles. The van der Waals surface area contributed by atoms with Crippen LogP contribution in [0.25, 0.3) is 4.96 Å². The first-order valence-electron chi connectivity index (χ1n) is 7.65. The number of aliphatic hydroxyl groups excluding tert-OH is 1. The first kappa shape index (κ1) is 17.5. The fourth-order valence-corrected chi connectivity index (χ4v) is 3.98. The van der Waals surface area contributed by atoms with Crippen molar-refractivity contribution in [1.82, 2.24) is 19.5 Å². The molecule has 3 rings (SSSR count). The van der Waals surface area contributed by atoms with Crippen LogP contribution in [0.1, 0.15) is 16.5 Å². The van der Waals surface area contributed by atoms with Crippen LogP contribution in [0, 0.1) is 0 Å². The SMILES string of the molecule is COc1cccc(C(c2sc3ncnn3c2O)N(C)CCO)c1OC. The summed E-state index contributed by atoms with van der Waals surface area (Å²) in [6, 6.07) is 5.24. The fourth-order valence-electron chi connectivity index (χ4n) is 2.87. The monoisotopic (exact) mass is 364 g/mol. The van der Waals surface area contributed by atoms with Crippen molar-refractivity contribution in [3.05, 3.63) is 35.0 Å². The van der Waals surface area contributed by atoms with E-state index in [1.807, 2.05) is 30.1 Å². The van der Waals surface area contributed by atoms with Gasteiger partial charge in [0.2, 0.25) is 10.8 Å². The van der Waals surface area contributed by atoms with Crippen LogP contribution in [0.4, 0.5) is 0 Å². The summed E-state index contributed by atoms with van der Waals surface area (Å²) in [5.74, 6) is 1.21. The second-order valence-electron chi connectivity index (χ2n) is 5.43. The number of likely N-dealkylation sites (N-methyl/N-ethyl adjacent to an activating group) is 1. The number of aromatic nitrogens is 3. The summed E-state index contributed by atoms with van der Waals surface area (Å²) >= 11 is 1.34. The molecule has 0 aliphatic carbocycles. The summed E-state index contributed by atoms with van der Waals surface area (Å²) in [4.78, 5) is 7.34. The molecule has 0 spiro atoms. The van der Waals surface area contributed by atoms with Crippen LogP contribution >= 0.6 is 11.3 Å². The molecule has 8 nitrogen and oxygen atoms in total. The van der Waals surface area contributed by atoms with Crippen molar-refractivity contribution in [1.29, 1.82) is 0 Å². The Bertz CT molecular complexity index is 863. The average molecular weight is 364 g/mol. The van der Waals surface area contributed by atoms with E-state index in [9.17, 15) is 10.2 Å². The van der Waals surface area contributed by atoms with Crippen LogP contribution in [0.5, 0.6) is 17.4 Å². The van der Waals surface area contributed by atoms with Crippen molar-refractivity contribution in [3.63, 3.8) is 0 Å². The summed E-state index contributed by atoms with van der Waals surface area (Å²) in [5.41, 5.74) is 0.817. The van der Waals surface area contributed by atoms with Gasteiger partial charge in [0.15, 0.2) is 11.5 Å². The molecule has 0 aliphatic heterocycles. The van der Waals surface area contributed by atoms with Crippen molar-refractivity contribution in [2.45, 2.75) is 6.04 Å². The van der Waals surface area contributed by atoms with E-state index in [1.54, 1.807) is 14.2 Å². The van der Waals surface area contributed by atoms with E-state index >= 15 is 0 Å². The van der Waals surface area contributed by atoms with Crippen molar-refractivity contribution < 1.29 is 19.7 Å². The van der Waals surface area contributed by atoms with Gasteiger partial charge in [0.1, 0.15) is 6.33 Å². The lowest BCUT2D eigenvalue weighted by Crippen LogP contribution is -2.28. The van der Waals surface area contributed by atoms with Crippen molar-refractivity contribution in [2.75, 3.05) is 34.4 Å². The number of aliphatic hydroxyl groups is 1. The number of hydrogen-bond donors (Lipinski definition) is 2. The highest BCUT2D eigenvalue weighted by atomic mass is 32.1. The third-order valence-electron chi connectivity index (χ3n) is 4.01. The molecule has 134 valence electrons. The molecule has 1 atom stereocenters. The van der Waals surface area contributed by atoms with Gasteiger partial charge in [-0.3, -0.25) is 4.90 Å². The molecule has 0 saturated heterocycles. The number of methoxy groups -OCH3 is 2. The highest BCUT2D eigenvalue weighted by Gasteiger charge is 2.30. The Hall–Kier alpha value is -2.36. The Balaban J connectivity index is 2.19. The number of hydrogen-bond acceptors (Lipinski definition) is 8. The van der Waals surface area contributed by atoms with Gasteiger partial charge in [-0.15, -0.1) is 0 Å². The summed E-state index contributed by atoms with van der Waals surface area (Å²) in [6.45, 7) is 0.402. The lowest BCUT2D eigenvalue weighted by Gasteiger charge is -2.28. The topological polar surface area (TPSA) is 92.4 Å². The van der Waals surface area contributed by atoms with Gasteiger partial charge in [-0.2, -0.15) is 9.61 Å². The minimum atomic E-state index is -0.356. The molecule has 1 unspecified atom stereocenters. The molecule has 0 fully saturated rings. The second kappa shape index (κ2) is 7.26. The zero-order valence-corrected chi connectivity index (χ0v) is 15.0. The van der Waals surface area contributed by atoms with E-state index in [0.29, 0.717) is 27.9 Å². The molecule has 2 N–H and O–H groups in total. The van der Waals surface area contributed by atoms with E-state index in [1.165, 1.54) is 22.2 Å². The minimum Gasteiger partial charge on any atom is -0.493 e. The number of para-hydroxylation sites is 1. The number of fused-ring (bicyclic) bond motifs is 1. The van der Waals surface area contributed by atoms with Gasteiger partial charge in [0.05, 0.1) is 31.7 Å². The number of rotatable bonds is 7. The third kappa shape index (κ3) is 3.01. The van der Waals surface area contributed by atoms with Crippen molar-refractivity contribution in [3.8, 4) is 17.4 Å². The number of aromatic hydroxyl groups is 1. The first-order chi connectivity index (χ1) is 12.1. The zero-order chi connectivity index (χ0) is 18.0. The smallest absolute Gasteiger partial charge is 0.230 e. The molecular weight excluding hydrogens is 344 g/mol. The van der Waals surface area contributed by atoms with E-state index < -0.39 is 0 Å². The number of thiazole rings is 1. The van der Waals surface area contributed by atoms with Crippen molar-refractivity contribution >= 4 is 16.3 Å². The predicted octanol–water partition coefficient (Wildman–Crippen LogP) is 1.53. The van der Waals surface area contributed by atoms with Crippen LogP contribution in [0.3, 0.4) is 0 Å². The Morgan fingerprint density at radius 3 is 2.76 bits per heavy atom. The summed E-state index contributed by atoms with van der Waals surface area (Å²) < 4.78 is 12.4. The highest BCUT2D eigenvalue weighted by molar-refractivity contribution is 7.17. The minimum absolute atomic E-state index is 0.0131. The third-order valence-corrected chi connectivity index (χ3v) is 5.10. The number of nitrogens with zero attached hydrogens (tertiary/aromatic N) is 4. The van der Waals surface area contributed by atoms with Crippen LogP contribution in [0.2, 0.25) is 0 Å². The van der Waals surface area contributed by atoms with Crippen LogP contribution < -0.4 is 9.47 Å². The quantitative estimate of drug-likeness (QED) is 0.657. The first-order valence-corrected chi connectivity index (χ1v) is 8.47. The van der Waals surface area contributed by atoms with Crippen LogP contribution in [-0.4, -0.2) is 64.1 Å². The van der Waals surface area contributed by atoms with Gasteiger partial charge in [-0.25, -0.2) is 4.98 Å². The van der Waals surface area contributed by atoms with Gasteiger partial charge in [-0.1, -0.05) is 23.5 Å². The Morgan fingerprint density at radius 1 is 1.32 bits per heavy atom. The summed E-state index contributed by atoms with van der Waals surface area (Å²) in [7, 11) is 5.02. The highest BCUT2D eigenvalue weighted by Crippen LogP contribution is 2.44. The molecule has 2 heterocycles. The lowest BCUT2D eigenvalue weighted by molar-refractivity contribution is 0.194. The lowest BCUT2D eigenvalue weighted by atomic mass is 10.0. The van der Waals surface area contributed by atoms with E-state index in [0.717, 1.165) is 5.56 Å². The number of benzene rings is 1. The largest absolute Gasteiger partial charge is 0.493 e. The molecule has 2 aromatic heterocycles. The molecule has 0 amide bonds.